The molecule has 1 heterocycles. The summed E-state index contributed by atoms with van der Waals surface area (Å²) in [5.74, 6) is 0. The van der Waals surface area contributed by atoms with Gasteiger partial charge in [0.15, 0.2) is 0 Å². The molecule has 1 N–H and O–H groups in total. The van der Waals surface area contributed by atoms with Crippen LogP contribution >= 0.6 is 23.2 Å². The third kappa shape index (κ3) is 3.06. The highest BCUT2D eigenvalue weighted by molar-refractivity contribution is 6.42. The summed E-state index contributed by atoms with van der Waals surface area (Å²) < 4.78 is 0. The Bertz CT molecular complexity index is 1180. The zero-order chi connectivity index (χ0) is 18.1. The second-order valence-corrected chi connectivity index (χ2v) is 6.74. The average Bonchev–Trinajstić information content (AvgIpc) is 2.65. The van der Waals surface area contributed by atoms with E-state index in [1.54, 1.807) is 12.1 Å². The van der Waals surface area contributed by atoms with E-state index in [0.29, 0.717) is 16.5 Å². The lowest BCUT2D eigenvalue weighted by atomic mass is 10.00. The molecule has 26 heavy (non-hydrogen) atoms. The van der Waals surface area contributed by atoms with Gasteiger partial charge in [-0.2, -0.15) is 5.26 Å². The molecule has 0 unspecified atom stereocenters. The molecule has 3 aromatic carbocycles. The van der Waals surface area contributed by atoms with Crippen LogP contribution in [0.25, 0.3) is 21.8 Å². The molecule has 3 nitrogen and oxygen atoms in total. The molecular formula is C21H13Cl2N3. The van der Waals surface area contributed by atoms with Crippen molar-refractivity contribution >= 4 is 56.4 Å². The summed E-state index contributed by atoms with van der Waals surface area (Å²) in [6.07, 6.45) is 0.329. The van der Waals surface area contributed by atoms with Crippen molar-refractivity contribution < 1.29 is 0 Å². The molecule has 0 spiro atoms. The Morgan fingerprint density at radius 2 is 1.58 bits per heavy atom. The molecule has 126 valence electrons. The molecule has 0 atom stereocenters. The Balaban J connectivity index is 1.85. The number of aromatic nitrogens is 1. The maximum absolute atomic E-state index is 9.29. The minimum atomic E-state index is 0.329. The lowest BCUT2D eigenvalue weighted by molar-refractivity contribution is 1.30. The fraction of sp³-hybridized carbons (Fsp3) is 0.0476. The van der Waals surface area contributed by atoms with E-state index in [-0.39, 0.29) is 0 Å². The number of nitriles is 1. The zero-order valence-electron chi connectivity index (χ0n) is 13.6. The lowest BCUT2D eigenvalue weighted by Crippen LogP contribution is -1.95. The van der Waals surface area contributed by atoms with E-state index in [1.165, 1.54) is 0 Å². The Morgan fingerprint density at radius 3 is 2.38 bits per heavy atom. The number of hydrogen-bond acceptors (Lipinski definition) is 3. The van der Waals surface area contributed by atoms with Gasteiger partial charge >= 0.3 is 0 Å². The van der Waals surface area contributed by atoms with Gasteiger partial charge in [0.2, 0.25) is 0 Å². The topological polar surface area (TPSA) is 48.7 Å². The first-order chi connectivity index (χ1) is 12.7. The first-order valence-corrected chi connectivity index (χ1v) is 8.82. The Kier molecular flexibility index (Phi) is 4.38. The van der Waals surface area contributed by atoms with Gasteiger partial charge in [-0.25, -0.2) is 4.98 Å². The number of nitrogens with one attached hydrogen (secondary N) is 1. The normalized spacial score (nSPS) is 10.8. The molecule has 0 amide bonds. The van der Waals surface area contributed by atoms with Crippen LogP contribution in [0.1, 0.15) is 5.56 Å². The molecule has 0 radical (unpaired) electrons. The van der Waals surface area contributed by atoms with E-state index in [0.717, 1.165) is 38.7 Å². The predicted molar refractivity (Wildman–Crippen MR) is 108 cm³/mol. The van der Waals surface area contributed by atoms with Gasteiger partial charge < -0.3 is 5.32 Å². The van der Waals surface area contributed by atoms with Crippen molar-refractivity contribution in [3.63, 3.8) is 0 Å². The number of benzene rings is 3. The molecular weight excluding hydrogens is 365 g/mol. The molecule has 0 saturated carbocycles. The van der Waals surface area contributed by atoms with Crippen molar-refractivity contribution in [3.8, 4) is 6.07 Å². The monoisotopic (exact) mass is 377 g/mol. The minimum absolute atomic E-state index is 0.329. The molecule has 1 aromatic heterocycles. The number of nitrogens with zero attached hydrogens (tertiary/aromatic N) is 2. The SMILES string of the molecule is N#CCc1c2ccccc2nc2ccc(Nc3ccc(Cl)c(Cl)c3)cc12. The molecule has 0 aliphatic rings. The number of halogens is 2. The smallest absolute Gasteiger partial charge is 0.0714 e. The summed E-state index contributed by atoms with van der Waals surface area (Å²) in [5.41, 5.74) is 4.50. The number of hydrogen-bond donors (Lipinski definition) is 1. The Morgan fingerprint density at radius 1 is 0.846 bits per heavy atom. The number of pyridine rings is 1. The van der Waals surface area contributed by atoms with Crippen molar-refractivity contribution in [2.75, 3.05) is 5.32 Å². The van der Waals surface area contributed by atoms with Crippen LogP contribution in [0, 0.1) is 11.3 Å². The van der Waals surface area contributed by atoms with Crippen molar-refractivity contribution in [2.24, 2.45) is 0 Å². The number of fused-ring (bicyclic) bond motifs is 2. The minimum Gasteiger partial charge on any atom is -0.355 e. The van der Waals surface area contributed by atoms with E-state index in [1.807, 2.05) is 48.5 Å². The second kappa shape index (κ2) is 6.84. The van der Waals surface area contributed by atoms with Crippen molar-refractivity contribution in [1.82, 2.24) is 4.98 Å². The van der Waals surface area contributed by atoms with E-state index in [2.05, 4.69) is 11.4 Å². The Hall–Kier alpha value is -2.80. The van der Waals surface area contributed by atoms with Crippen LogP contribution in [0.4, 0.5) is 11.4 Å². The second-order valence-electron chi connectivity index (χ2n) is 5.93. The summed E-state index contributed by atoms with van der Waals surface area (Å²) in [5, 5.41) is 15.6. The molecule has 4 aromatic rings. The number of anilines is 2. The quantitative estimate of drug-likeness (QED) is 0.414. The predicted octanol–water partition coefficient (Wildman–Crippen LogP) is 6.50. The van der Waals surface area contributed by atoms with Gasteiger partial charge in [-0.15, -0.1) is 0 Å². The van der Waals surface area contributed by atoms with Crippen LogP contribution in [0.15, 0.2) is 60.7 Å². The Labute approximate surface area is 160 Å². The maximum atomic E-state index is 9.29. The van der Waals surface area contributed by atoms with Gasteiger partial charge in [0.1, 0.15) is 0 Å². The third-order valence-electron chi connectivity index (χ3n) is 4.26. The van der Waals surface area contributed by atoms with E-state index in [4.69, 9.17) is 28.2 Å². The molecule has 0 fully saturated rings. The highest BCUT2D eigenvalue weighted by atomic mass is 35.5. The highest BCUT2D eigenvalue weighted by Crippen LogP contribution is 2.31. The summed E-state index contributed by atoms with van der Waals surface area (Å²) in [4.78, 5) is 4.72. The van der Waals surface area contributed by atoms with Crippen LogP contribution in [-0.4, -0.2) is 4.98 Å². The summed E-state index contributed by atoms with van der Waals surface area (Å²) >= 11 is 12.1. The van der Waals surface area contributed by atoms with Crippen LogP contribution in [-0.2, 0) is 6.42 Å². The highest BCUT2D eigenvalue weighted by Gasteiger charge is 2.10. The van der Waals surface area contributed by atoms with Crippen molar-refractivity contribution in [3.05, 3.63) is 76.3 Å². The molecule has 0 aliphatic heterocycles. The van der Waals surface area contributed by atoms with Gasteiger partial charge in [0, 0.05) is 22.1 Å². The number of para-hydroxylation sites is 1. The van der Waals surface area contributed by atoms with Crippen LogP contribution in [0.5, 0.6) is 0 Å². The van der Waals surface area contributed by atoms with Gasteiger partial charge in [0.25, 0.3) is 0 Å². The molecule has 0 saturated heterocycles. The summed E-state index contributed by atoms with van der Waals surface area (Å²) in [7, 11) is 0. The molecule has 0 bridgehead atoms. The maximum Gasteiger partial charge on any atom is 0.0714 e. The fourth-order valence-corrected chi connectivity index (χ4v) is 3.36. The molecule has 5 heteroatoms. The van der Waals surface area contributed by atoms with Crippen molar-refractivity contribution in [2.45, 2.75) is 6.42 Å². The van der Waals surface area contributed by atoms with Crippen molar-refractivity contribution in [1.29, 1.82) is 5.26 Å². The van der Waals surface area contributed by atoms with Gasteiger partial charge in [-0.3, -0.25) is 0 Å². The van der Waals surface area contributed by atoms with Gasteiger partial charge in [0.05, 0.1) is 33.6 Å². The first kappa shape index (κ1) is 16.7. The summed E-state index contributed by atoms with van der Waals surface area (Å²) in [6.45, 7) is 0. The zero-order valence-corrected chi connectivity index (χ0v) is 15.1. The van der Waals surface area contributed by atoms with Gasteiger partial charge in [-0.05, 0) is 48.0 Å². The summed E-state index contributed by atoms with van der Waals surface area (Å²) in [6, 6.07) is 21.5. The van der Waals surface area contributed by atoms with Crippen LogP contribution in [0.3, 0.4) is 0 Å². The standard InChI is InChI=1S/C21H13Cl2N3/c22-18-7-5-14(12-19(18)23)25-13-6-8-21-17(11-13)15(9-10-24)16-3-1-2-4-20(16)26-21/h1-8,11-12,25H,9H2. The van der Waals surface area contributed by atoms with E-state index in [9.17, 15) is 5.26 Å². The third-order valence-corrected chi connectivity index (χ3v) is 4.99. The average molecular weight is 378 g/mol. The fourth-order valence-electron chi connectivity index (χ4n) is 3.06. The van der Waals surface area contributed by atoms with Crippen LogP contribution < -0.4 is 5.32 Å². The lowest BCUT2D eigenvalue weighted by Gasteiger charge is -2.12. The van der Waals surface area contributed by atoms with E-state index >= 15 is 0 Å². The molecule has 4 rings (SSSR count). The van der Waals surface area contributed by atoms with Crippen LogP contribution in [0.2, 0.25) is 10.0 Å². The molecule has 0 aliphatic carbocycles. The largest absolute Gasteiger partial charge is 0.355 e. The van der Waals surface area contributed by atoms with Gasteiger partial charge in [-0.1, -0.05) is 41.4 Å². The first-order valence-electron chi connectivity index (χ1n) is 8.06. The van der Waals surface area contributed by atoms with E-state index < -0.39 is 0 Å². The number of rotatable bonds is 3.